The monoisotopic (exact) mass is 1000 g/mol. The summed E-state index contributed by atoms with van der Waals surface area (Å²) in [6, 6.07) is 11.6. The van der Waals surface area contributed by atoms with Gasteiger partial charge in [-0.25, -0.2) is 4.79 Å². The summed E-state index contributed by atoms with van der Waals surface area (Å²) in [6.07, 6.45) is 5.20. The van der Waals surface area contributed by atoms with Crippen molar-refractivity contribution in [1.29, 1.82) is 0 Å². The van der Waals surface area contributed by atoms with Gasteiger partial charge in [-0.1, -0.05) is 128 Å². The van der Waals surface area contributed by atoms with Gasteiger partial charge in [-0.05, 0) is 95.2 Å². The Morgan fingerprint density at radius 1 is 0.708 bits per heavy atom. The predicted molar refractivity (Wildman–Crippen MR) is 281 cm³/mol. The highest BCUT2D eigenvalue weighted by atomic mass is 16.5. The average molecular weight is 1000 g/mol. The molecule has 1 heterocycles. The highest BCUT2D eigenvalue weighted by molar-refractivity contribution is 5.97. The first kappa shape index (κ1) is 60.7. The summed E-state index contributed by atoms with van der Waals surface area (Å²) >= 11 is 0. The van der Waals surface area contributed by atoms with Crippen LogP contribution in [0.15, 0.2) is 72.8 Å². The number of esters is 1. The highest BCUT2D eigenvalue weighted by Gasteiger charge is 2.51. The molecule has 400 valence electrons. The summed E-state index contributed by atoms with van der Waals surface area (Å²) in [5.74, 6) is -4.12. The van der Waals surface area contributed by atoms with Crippen LogP contribution in [0.4, 0.5) is 0 Å². The Labute approximate surface area is 430 Å². The van der Waals surface area contributed by atoms with Crippen molar-refractivity contribution in [3.05, 3.63) is 83.9 Å². The second-order valence-corrected chi connectivity index (χ2v) is 21.2. The van der Waals surface area contributed by atoms with Gasteiger partial charge in [-0.2, -0.15) is 0 Å². The number of nitrogens with zero attached hydrogens (tertiary/aromatic N) is 4. The van der Waals surface area contributed by atoms with Gasteiger partial charge in [0.1, 0.15) is 54.6 Å². The van der Waals surface area contributed by atoms with E-state index < -0.39 is 95.5 Å². The number of hydrogen-bond donors (Lipinski definition) is 3. The molecule has 0 spiro atoms. The molecule has 1 fully saturated rings. The van der Waals surface area contributed by atoms with Crippen molar-refractivity contribution >= 4 is 41.4 Å². The SMILES string of the molecule is C/C=C/C[C@@H](C)[C@H]1OC(C)(C)N(C)[C@@H]1C(=O)N[C@@H](CC)C(=O)N(C)[C@H](C)C(=O)N(C)[C@@H](CC(C)C)C(=O)N[C@H](C(=O)N(C)[C@@H](CC(C)C)C(=O)N[C@@H](Cc1ccccc1)C(=O)OCc1ccccc1)C(C)C. The van der Waals surface area contributed by atoms with Crippen molar-refractivity contribution in [2.24, 2.45) is 23.7 Å². The van der Waals surface area contributed by atoms with Gasteiger partial charge in [-0.15, -0.1) is 0 Å². The molecule has 1 aliphatic rings. The largest absolute Gasteiger partial charge is 0.459 e. The van der Waals surface area contributed by atoms with Crippen LogP contribution >= 0.6 is 0 Å². The molecule has 1 saturated heterocycles. The van der Waals surface area contributed by atoms with Gasteiger partial charge in [0, 0.05) is 27.6 Å². The summed E-state index contributed by atoms with van der Waals surface area (Å²) in [4.78, 5) is 105. The first-order valence-corrected chi connectivity index (χ1v) is 25.7. The second-order valence-electron chi connectivity index (χ2n) is 21.2. The number of allylic oxidation sites excluding steroid dienone is 2. The molecule has 0 aromatic heterocycles. The molecule has 0 unspecified atom stereocenters. The quantitative estimate of drug-likeness (QED) is 0.0732. The molecule has 2 aromatic rings. The Balaban J connectivity index is 1.82. The Bertz CT molecular complexity index is 2130. The first-order chi connectivity index (χ1) is 33.8. The molecule has 16 nitrogen and oxygen atoms in total. The average Bonchev–Trinajstić information content (AvgIpc) is 3.59. The van der Waals surface area contributed by atoms with Crippen molar-refractivity contribution in [1.82, 2.24) is 35.6 Å². The van der Waals surface area contributed by atoms with Crippen LogP contribution in [-0.4, -0.2) is 143 Å². The zero-order valence-corrected chi connectivity index (χ0v) is 46.1. The van der Waals surface area contributed by atoms with Crippen LogP contribution in [0.3, 0.4) is 0 Å². The summed E-state index contributed by atoms with van der Waals surface area (Å²) in [6.45, 7) is 22.5. The number of carbonyl (C=O) groups excluding carboxylic acids is 7. The molecule has 2 aromatic carbocycles. The van der Waals surface area contributed by atoms with Gasteiger partial charge in [0.25, 0.3) is 0 Å². The van der Waals surface area contributed by atoms with E-state index in [2.05, 4.69) is 16.0 Å². The molecule has 3 rings (SSSR count). The summed E-state index contributed by atoms with van der Waals surface area (Å²) in [7, 11) is 6.36. The van der Waals surface area contributed by atoms with Crippen LogP contribution in [0, 0.1) is 23.7 Å². The molecular formula is C56H87N7O9. The molecule has 0 aliphatic carbocycles. The van der Waals surface area contributed by atoms with Crippen molar-refractivity contribution in [2.45, 2.75) is 176 Å². The van der Waals surface area contributed by atoms with E-state index in [1.807, 2.05) is 140 Å². The number of likely N-dealkylation sites (N-methyl/N-ethyl adjacent to an activating group) is 4. The molecule has 0 radical (unpaired) electrons. The number of carbonyl (C=O) groups is 7. The normalized spacial score (nSPS) is 18.7. The third kappa shape index (κ3) is 16.7. The van der Waals surface area contributed by atoms with E-state index in [1.165, 1.54) is 35.8 Å². The molecule has 3 N–H and O–H groups in total. The lowest BCUT2D eigenvalue weighted by Gasteiger charge is -2.37. The van der Waals surface area contributed by atoms with Gasteiger partial charge in [0.15, 0.2) is 0 Å². The Morgan fingerprint density at radius 3 is 1.72 bits per heavy atom. The molecule has 0 bridgehead atoms. The van der Waals surface area contributed by atoms with Crippen molar-refractivity contribution < 1.29 is 43.0 Å². The number of rotatable bonds is 26. The number of nitrogens with one attached hydrogen (secondary N) is 3. The second kappa shape index (κ2) is 28.0. The van der Waals surface area contributed by atoms with Gasteiger partial charge in [-0.3, -0.25) is 33.7 Å². The molecule has 6 amide bonds. The van der Waals surface area contributed by atoms with E-state index >= 15 is 0 Å². The van der Waals surface area contributed by atoms with Crippen LogP contribution in [-0.2, 0) is 56.1 Å². The molecule has 72 heavy (non-hydrogen) atoms. The predicted octanol–water partition coefficient (Wildman–Crippen LogP) is 6.12. The van der Waals surface area contributed by atoms with Crippen LogP contribution in [0.1, 0.15) is 120 Å². The minimum absolute atomic E-state index is 0.0139. The maximum Gasteiger partial charge on any atom is 0.329 e. The summed E-state index contributed by atoms with van der Waals surface area (Å²) in [5.41, 5.74) is 0.877. The van der Waals surface area contributed by atoms with E-state index in [0.717, 1.165) is 11.1 Å². The van der Waals surface area contributed by atoms with E-state index in [0.29, 0.717) is 6.42 Å². The maximum atomic E-state index is 14.6. The molecule has 0 saturated carbocycles. The lowest BCUT2D eigenvalue weighted by atomic mass is 9.93. The first-order valence-electron chi connectivity index (χ1n) is 25.7. The molecule has 1 aliphatic heterocycles. The lowest BCUT2D eigenvalue weighted by molar-refractivity contribution is -0.151. The number of amides is 6. The zero-order chi connectivity index (χ0) is 54.2. The van der Waals surface area contributed by atoms with Crippen LogP contribution in [0.25, 0.3) is 0 Å². The Hall–Kier alpha value is -5.61. The lowest BCUT2D eigenvalue weighted by Crippen LogP contribution is -2.61. The standard InChI is InChI=1S/C56H87N7O9/c1-17-19-26-38(9)48-47(63(16)56(11,12)72-48)51(66)57-42(18-2)53(68)60(13)39(10)52(67)61(14)45(32-36(5)6)50(65)59-46(37(7)8)54(69)62(15)44(31-35(3)4)49(64)58-43(33-40-27-22-20-23-28-40)55(70)71-34-41-29-24-21-25-30-41/h17,19-25,27-30,35-39,42-48H,18,26,31-34H2,1-16H3,(H,57,66)(H,58,64)(H,59,65)/b19-17+/t38-,39-,42+,43+,44+,45+,46+,47+,48-/m1/s1. The van der Waals surface area contributed by atoms with Crippen LogP contribution in [0.5, 0.6) is 0 Å². The number of benzene rings is 2. The van der Waals surface area contributed by atoms with Crippen LogP contribution < -0.4 is 16.0 Å². The fourth-order valence-corrected chi connectivity index (χ4v) is 8.97. The topological polar surface area (TPSA) is 187 Å². The van der Waals surface area contributed by atoms with Crippen molar-refractivity contribution in [3.63, 3.8) is 0 Å². The fourth-order valence-electron chi connectivity index (χ4n) is 8.97. The summed E-state index contributed by atoms with van der Waals surface area (Å²) in [5, 5.41) is 8.79. The third-order valence-corrected chi connectivity index (χ3v) is 13.8. The van der Waals surface area contributed by atoms with E-state index in [9.17, 15) is 33.6 Å². The highest BCUT2D eigenvalue weighted by Crippen LogP contribution is 2.35. The zero-order valence-electron chi connectivity index (χ0n) is 46.1. The third-order valence-electron chi connectivity index (χ3n) is 13.8. The van der Waals surface area contributed by atoms with E-state index in [-0.39, 0.29) is 56.0 Å². The van der Waals surface area contributed by atoms with Crippen molar-refractivity contribution in [3.8, 4) is 0 Å². The minimum atomic E-state index is -1.10. The van der Waals surface area contributed by atoms with Crippen molar-refractivity contribution in [2.75, 3.05) is 28.2 Å². The molecular weight excluding hydrogens is 915 g/mol. The summed E-state index contributed by atoms with van der Waals surface area (Å²) < 4.78 is 12.1. The van der Waals surface area contributed by atoms with Gasteiger partial charge in [0.2, 0.25) is 35.4 Å². The van der Waals surface area contributed by atoms with Gasteiger partial charge >= 0.3 is 5.97 Å². The molecule has 16 heteroatoms. The van der Waals surface area contributed by atoms with Crippen LogP contribution in [0.2, 0.25) is 0 Å². The minimum Gasteiger partial charge on any atom is -0.459 e. The van der Waals surface area contributed by atoms with E-state index in [4.69, 9.17) is 9.47 Å². The van der Waals surface area contributed by atoms with E-state index in [1.54, 1.807) is 27.7 Å². The maximum absolute atomic E-state index is 14.6. The number of hydrogen-bond acceptors (Lipinski definition) is 10. The van der Waals surface area contributed by atoms with Gasteiger partial charge in [0.05, 0.1) is 6.10 Å². The smallest absolute Gasteiger partial charge is 0.329 e. The van der Waals surface area contributed by atoms with Gasteiger partial charge < -0.3 is 40.1 Å². The fraction of sp³-hybridized carbons (Fsp3) is 0.625. The Kier molecular flexibility index (Phi) is 23.6. The molecule has 9 atom stereocenters. The number of ether oxygens (including phenoxy) is 2. The Morgan fingerprint density at radius 2 is 1.22 bits per heavy atom.